The summed E-state index contributed by atoms with van der Waals surface area (Å²) in [4.78, 5) is 23.4. The molecule has 22 heavy (non-hydrogen) atoms. The van der Waals surface area contributed by atoms with E-state index in [-0.39, 0.29) is 17.0 Å². The topological polar surface area (TPSA) is 63.6 Å². The molecule has 0 saturated heterocycles. The molecule has 0 aliphatic rings. The maximum absolute atomic E-state index is 12.2. The lowest BCUT2D eigenvalue weighted by Gasteiger charge is -2.16. The molecule has 0 radical (unpaired) electrons. The molecule has 0 spiro atoms. The van der Waals surface area contributed by atoms with Crippen LogP contribution in [0.2, 0.25) is 0 Å². The molecular formula is C17H15ClO4. The average Bonchev–Trinajstić information content (AvgIpc) is 2.53. The van der Waals surface area contributed by atoms with E-state index in [1.54, 1.807) is 12.1 Å². The molecule has 1 unspecified atom stereocenters. The zero-order chi connectivity index (χ0) is 16.1. The number of carbonyl (C=O) groups is 2. The van der Waals surface area contributed by atoms with Crippen LogP contribution in [0.5, 0.6) is 0 Å². The van der Waals surface area contributed by atoms with E-state index >= 15 is 0 Å². The van der Waals surface area contributed by atoms with Crippen molar-refractivity contribution in [3.05, 3.63) is 70.8 Å². The highest BCUT2D eigenvalue weighted by Gasteiger charge is 2.21. The predicted molar refractivity (Wildman–Crippen MR) is 83.5 cm³/mol. The summed E-state index contributed by atoms with van der Waals surface area (Å²) in [5.41, 5.74) is 1.77. The number of ether oxygens (including phenoxy) is 1. The van der Waals surface area contributed by atoms with Crippen LogP contribution in [0.1, 0.15) is 37.9 Å². The molecule has 0 fully saturated rings. The maximum atomic E-state index is 12.2. The van der Waals surface area contributed by atoms with Gasteiger partial charge in [0.05, 0.1) is 17.0 Å². The minimum absolute atomic E-state index is 0.0113. The standard InChI is InChI=1S/C17H15ClO4/c1-11-6-8-12(9-7-11)15(10-18)22-17(21)14-5-3-2-4-13(14)16(19)20/h2-9,15H,10H2,1H3,(H,19,20). The smallest absolute Gasteiger partial charge is 0.339 e. The highest BCUT2D eigenvalue weighted by atomic mass is 35.5. The van der Waals surface area contributed by atoms with E-state index in [9.17, 15) is 9.59 Å². The minimum atomic E-state index is -1.18. The van der Waals surface area contributed by atoms with Gasteiger partial charge in [-0.1, -0.05) is 42.0 Å². The molecule has 2 rings (SSSR count). The Morgan fingerprint density at radius 1 is 1.09 bits per heavy atom. The van der Waals surface area contributed by atoms with Gasteiger partial charge in [-0.15, -0.1) is 11.6 Å². The van der Waals surface area contributed by atoms with Crippen LogP contribution in [0.25, 0.3) is 0 Å². The van der Waals surface area contributed by atoms with Crippen molar-refractivity contribution >= 4 is 23.5 Å². The Hall–Kier alpha value is -2.33. The Kier molecular flexibility index (Phi) is 5.17. The summed E-state index contributed by atoms with van der Waals surface area (Å²) in [6.45, 7) is 1.95. The van der Waals surface area contributed by atoms with Crippen molar-refractivity contribution in [2.24, 2.45) is 0 Å². The fourth-order valence-corrected chi connectivity index (χ4v) is 2.25. The van der Waals surface area contributed by atoms with Crippen molar-refractivity contribution in [3.8, 4) is 0 Å². The van der Waals surface area contributed by atoms with Crippen LogP contribution < -0.4 is 0 Å². The zero-order valence-electron chi connectivity index (χ0n) is 12.0. The average molecular weight is 319 g/mol. The SMILES string of the molecule is Cc1ccc(C(CCl)OC(=O)c2ccccc2C(=O)O)cc1. The summed E-state index contributed by atoms with van der Waals surface area (Å²) >= 11 is 5.88. The van der Waals surface area contributed by atoms with Crippen LogP contribution in [0.15, 0.2) is 48.5 Å². The molecule has 4 nitrogen and oxygen atoms in total. The third kappa shape index (κ3) is 3.65. The van der Waals surface area contributed by atoms with Gasteiger partial charge in [0.1, 0.15) is 6.10 Å². The van der Waals surface area contributed by atoms with E-state index in [0.717, 1.165) is 11.1 Å². The summed E-state index contributed by atoms with van der Waals surface area (Å²) in [7, 11) is 0. The molecule has 0 saturated carbocycles. The predicted octanol–water partition coefficient (Wildman–Crippen LogP) is 3.83. The summed E-state index contributed by atoms with van der Waals surface area (Å²) < 4.78 is 5.37. The van der Waals surface area contributed by atoms with Crippen molar-refractivity contribution < 1.29 is 19.4 Å². The van der Waals surface area contributed by atoms with Crippen LogP contribution in [-0.2, 0) is 4.74 Å². The van der Waals surface area contributed by atoms with Crippen molar-refractivity contribution in [3.63, 3.8) is 0 Å². The van der Waals surface area contributed by atoms with E-state index in [2.05, 4.69) is 0 Å². The summed E-state index contributed by atoms with van der Waals surface area (Å²) in [6, 6.07) is 13.4. The van der Waals surface area contributed by atoms with Gasteiger partial charge in [-0.3, -0.25) is 0 Å². The molecule has 0 amide bonds. The Morgan fingerprint density at radius 2 is 1.68 bits per heavy atom. The number of esters is 1. The molecule has 2 aromatic carbocycles. The molecular weight excluding hydrogens is 304 g/mol. The van der Waals surface area contributed by atoms with E-state index < -0.39 is 18.0 Å². The highest BCUT2D eigenvalue weighted by molar-refractivity contribution is 6.18. The van der Waals surface area contributed by atoms with Gasteiger partial charge in [-0.2, -0.15) is 0 Å². The van der Waals surface area contributed by atoms with Crippen LogP contribution in [0.3, 0.4) is 0 Å². The van der Waals surface area contributed by atoms with Crippen LogP contribution >= 0.6 is 11.6 Å². The van der Waals surface area contributed by atoms with E-state index in [4.69, 9.17) is 21.4 Å². The second-order valence-electron chi connectivity index (χ2n) is 4.81. The Morgan fingerprint density at radius 3 is 2.23 bits per heavy atom. The molecule has 0 aromatic heterocycles. The quantitative estimate of drug-likeness (QED) is 0.672. The number of hydrogen-bond donors (Lipinski definition) is 1. The van der Waals surface area contributed by atoms with Crippen LogP contribution in [0.4, 0.5) is 0 Å². The fourth-order valence-electron chi connectivity index (χ4n) is 2.01. The van der Waals surface area contributed by atoms with Crippen molar-refractivity contribution in [2.75, 3.05) is 5.88 Å². The second-order valence-corrected chi connectivity index (χ2v) is 5.12. The number of carbonyl (C=O) groups excluding carboxylic acids is 1. The third-order valence-electron chi connectivity index (χ3n) is 3.22. The number of carboxylic acid groups (broad SMARTS) is 1. The first kappa shape index (κ1) is 16.0. The molecule has 1 N–H and O–H groups in total. The van der Waals surface area contributed by atoms with Crippen molar-refractivity contribution in [1.29, 1.82) is 0 Å². The lowest BCUT2D eigenvalue weighted by atomic mass is 10.1. The first-order chi connectivity index (χ1) is 10.5. The number of rotatable bonds is 5. The van der Waals surface area contributed by atoms with Gasteiger partial charge < -0.3 is 9.84 Å². The fraction of sp³-hybridized carbons (Fsp3) is 0.176. The molecule has 2 aromatic rings. The molecule has 1 atom stereocenters. The minimum Gasteiger partial charge on any atom is -0.478 e. The monoisotopic (exact) mass is 318 g/mol. The normalized spacial score (nSPS) is 11.7. The third-order valence-corrected chi connectivity index (χ3v) is 3.50. The number of benzene rings is 2. The number of aryl methyl sites for hydroxylation is 1. The number of alkyl halides is 1. The Labute approximate surface area is 133 Å². The van der Waals surface area contributed by atoms with Gasteiger partial charge in [-0.25, -0.2) is 9.59 Å². The van der Waals surface area contributed by atoms with Crippen molar-refractivity contribution in [2.45, 2.75) is 13.0 Å². The van der Waals surface area contributed by atoms with Gasteiger partial charge in [0, 0.05) is 0 Å². The first-order valence-corrected chi connectivity index (χ1v) is 7.22. The number of carboxylic acids is 1. The summed E-state index contributed by atoms with van der Waals surface area (Å²) in [5.74, 6) is -1.79. The molecule has 0 aliphatic carbocycles. The molecule has 114 valence electrons. The van der Waals surface area contributed by atoms with Gasteiger partial charge in [0.2, 0.25) is 0 Å². The first-order valence-electron chi connectivity index (χ1n) is 6.68. The molecule has 0 aliphatic heterocycles. The van der Waals surface area contributed by atoms with Gasteiger partial charge >= 0.3 is 11.9 Å². The van der Waals surface area contributed by atoms with Gasteiger partial charge in [0.15, 0.2) is 0 Å². The Balaban J connectivity index is 2.23. The lowest BCUT2D eigenvalue weighted by molar-refractivity contribution is 0.0338. The Bertz CT molecular complexity index is 679. The number of hydrogen-bond acceptors (Lipinski definition) is 3. The largest absolute Gasteiger partial charge is 0.478 e. The highest BCUT2D eigenvalue weighted by Crippen LogP contribution is 2.22. The number of halogens is 1. The van der Waals surface area contributed by atoms with Crippen molar-refractivity contribution in [1.82, 2.24) is 0 Å². The summed E-state index contributed by atoms with van der Waals surface area (Å²) in [6.07, 6.45) is -0.628. The van der Waals surface area contributed by atoms with E-state index in [0.29, 0.717) is 0 Å². The van der Waals surface area contributed by atoms with Gasteiger partial charge in [0.25, 0.3) is 0 Å². The molecule has 5 heteroatoms. The zero-order valence-corrected chi connectivity index (χ0v) is 12.7. The van der Waals surface area contributed by atoms with E-state index in [1.165, 1.54) is 12.1 Å². The lowest BCUT2D eigenvalue weighted by Crippen LogP contribution is -2.16. The van der Waals surface area contributed by atoms with E-state index in [1.807, 2.05) is 31.2 Å². The number of aromatic carboxylic acids is 1. The van der Waals surface area contributed by atoms with Crippen LogP contribution in [0, 0.1) is 6.92 Å². The molecule has 0 bridgehead atoms. The van der Waals surface area contributed by atoms with Gasteiger partial charge in [-0.05, 0) is 24.6 Å². The summed E-state index contributed by atoms with van der Waals surface area (Å²) in [5, 5.41) is 9.12. The second kappa shape index (κ2) is 7.09. The molecule has 0 heterocycles. The van der Waals surface area contributed by atoms with Crippen LogP contribution in [-0.4, -0.2) is 22.9 Å². The maximum Gasteiger partial charge on any atom is 0.339 e.